The van der Waals surface area contributed by atoms with Crippen LogP contribution in [0.15, 0.2) is 30.3 Å². The number of hydrogen-bond donors (Lipinski definition) is 0. The largest absolute Gasteiger partial charge is 0.493 e. The van der Waals surface area contributed by atoms with Crippen molar-refractivity contribution in [2.45, 2.75) is 46.5 Å². The molecular formula is C22H28O4. The van der Waals surface area contributed by atoms with E-state index in [0.717, 1.165) is 19.1 Å². The minimum Gasteiger partial charge on any atom is -0.493 e. The van der Waals surface area contributed by atoms with Crippen molar-refractivity contribution in [3.8, 4) is 23.0 Å². The Balaban J connectivity index is 2.39. The Morgan fingerprint density at radius 3 is 2.42 bits per heavy atom. The Morgan fingerprint density at radius 1 is 1.12 bits per heavy atom. The smallest absolute Gasteiger partial charge is 0.204 e. The normalized spacial score (nSPS) is 10.7. The summed E-state index contributed by atoms with van der Waals surface area (Å²) in [5, 5.41) is 0. The molecule has 4 nitrogen and oxygen atoms in total. The molecule has 0 aliphatic heterocycles. The lowest BCUT2D eigenvalue weighted by atomic mass is 9.98. The van der Waals surface area contributed by atoms with Gasteiger partial charge in [0, 0.05) is 5.56 Å². The third-order valence-corrected chi connectivity index (χ3v) is 4.23. The first-order valence-electron chi connectivity index (χ1n) is 9.08. The van der Waals surface area contributed by atoms with Gasteiger partial charge in [-0.05, 0) is 54.7 Å². The van der Waals surface area contributed by atoms with E-state index in [9.17, 15) is 4.79 Å². The quantitative estimate of drug-likeness (QED) is 0.414. The maximum absolute atomic E-state index is 11.3. The summed E-state index contributed by atoms with van der Waals surface area (Å²) in [5.41, 5.74) is 2.94. The van der Waals surface area contributed by atoms with Crippen molar-refractivity contribution in [2.24, 2.45) is 0 Å². The molecule has 0 amide bonds. The molecule has 0 unspecified atom stereocenters. The van der Waals surface area contributed by atoms with Crippen LogP contribution >= 0.6 is 0 Å². The molecule has 140 valence electrons. The molecule has 0 fully saturated rings. The number of unbranched alkanes of at least 4 members (excludes halogenated alkanes) is 1. The molecule has 0 saturated carbocycles. The topological polar surface area (TPSA) is 44.8 Å². The molecule has 2 rings (SSSR count). The molecule has 2 aromatic carbocycles. The second kappa shape index (κ2) is 9.27. The number of hydrogen-bond acceptors (Lipinski definition) is 4. The Bertz CT molecular complexity index is 750. The van der Waals surface area contributed by atoms with Crippen LogP contribution in [0, 0.1) is 6.92 Å². The van der Waals surface area contributed by atoms with Crippen LogP contribution in [0.3, 0.4) is 0 Å². The van der Waals surface area contributed by atoms with E-state index in [0.29, 0.717) is 41.1 Å². The highest BCUT2D eigenvalue weighted by Gasteiger charge is 2.16. The maximum Gasteiger partial charge on any atom is 0.204 e. The van der Waals surface area contributed by atoms with Crippen molar-refractivity contribution >= 4 is 6.29 Å². The van der Waals surface area contributed by atoms with Crippen LogP contribution in [0.25, 0.3) is 0 Å². The lowest BCUT2D eigenvalue weighted by molar-refractivity contribution is 0.112. The predicted molar refractivity (Wildman–Crippen MR) is 104 cm³/mol. The molecule has 0 aliphatic rings. The molecule has 0 spiro atoms. The van der Waals surface area contributed by atoms with E-state index >= 15 is 0 Å². The Morgan fingerprint density at radius 2 is 1.85 bits per heavy atom. The molecule has 0 aliphatic carbocycles. The first kappa shape index (κ1) is 19.8. The van der Waals surface area contributed by atoms with Gasteiger partial charge in [-0.3, -0.25) is 4.79 Å². The van der Waals surface area contributed by atoms with Gasteiger partial charge in [0.05, 0.1) is 13.7 Å². The van der Waals surface area contributed by atoms with Gasteiger partial charge in [-0.15, -0.1) is 0 Å². The summed E-state index contributed by atoms with van der Waals surface area (Å²) in [4.78, 5) is 11.3. The number of methoxy groups -OCH3 is 1. The van der Waals surface area contributed by atoms with Crippen LogP contribution in [-0.2, 0) is 0 Å². The summed E-state index contributed by atoms with van der Waals surface area (Å²) >= 11 is 0. The van der Waals surface area contributed by atoms with Crippen molar-refractivity contribution in [3.63, 3.8) is 0 Å². The van der Waals surface area contributed by atoms with Crippen molar-refractivity contribution in [3.05, 3.63) is 47.0 Å². The monoisotopic (exact) mass is 356 g/mol. The van der Waals surface area contributed by atoms with E-state index in [-0.39, 0.29) is 0 Å². The Hall–Kier alpha value is -2.49. The van der Waals surface area contributed by atoms with Gasteiger partial charge < -0.3 is 14.2 Å². The number of ether oxygens (including phenoxy) is 3. The maximum atomic E-state index is 11.3. The molecule has 0 heterocycles. The second-order valence-corrected chi connectivity index (χ2v) is 6.65. The number of carbonyl (C=O) groups excluding carboxylic acids is 1. The Kier molecular flexibility index (Phi) is 7.07. The number of benzene rings is 2. The van der Waals surface area contributed by atoms with E-state index in [1.807, 2.05) is 12.1 Å². The van der Waals surface area contributed by atoms with Gasteiger partial charge in [0.15, 0.2) is 11.5 Å². The second-order valence-electron chi connectivity index (χ2n) is 6.65. The van der Waals surface area contributed by atoms with Crippen LogP contribution in [0.2, 0.25) is 0 Å². The van der Waals surface area contributed by atoms with Gasteiger partial charge in [0.1, 0.15) is 12.0 Å². The SMILES string of the molecule is CCCCOc1c(OC)cc(C=O)cc1Oc1ccc(C(C)C)c(C)c1. The zero-order chi connectivity index (χ0) is 19.1. The lowest BCUT2D eigenvalue weighted by Crippen LogP contribution is -2.02. The lowest BCUT2D eigenvalue weighted by Gasteiger charge is -2.17. The molecule has 0 saturated heterocycles. The third kappa shape index (κ3) is 4.78. The molecule has 4 heteroatoms. The first-order valence-corrected chi connectivity index (χ1v) is 9.08. The molecule has 0 atom stereocenters. The fourth-order valence-corrected chi connectivity index (χ4v) is 2.84. The number of carbonyl (C=O) groups is 1. The van der Waals surface area contributed by atoms with Crippen LogP contribution in [0.5, 0.6) is 23.0 Å². The summed E-state index contributed by atoms with van der Waals surface area (Å²) < 4.78 is 17.4. The summed E-state index contributed by atoms with van der Waals surface area (Å²) in [5.74, 6) is 2.67. The fourth-order valence-electron chi connectivity index (χ4n) is 2.84. The highest BCUT2D eigenvalue weighted by Crippen LogP contribution is 2.41. The van der Waals surface area contributed by atoms with Crippen molar-refractivity contribution in [1.82, 2.24) is 0 Å². The van der Waals surface area contributed by atoms with E-state index in [1.54, 1.807) is 19.2 Å². The highest BCUT2D eigenvalue weighted by molar-refractivity contribution is 5.78. The zero-order valence-corrected chi connectivity index (χ0v) is 16.3. The van der Waals surface area contributed by atoms with E-state index < -0.39 is 0 Å². The summed E-state index contributed by atoms with van der Waals surface area (Å²) in [6, 6.07) is 9.37. The van der Waals surface area contributed by atoms with Gasteiger partial charge in [0.25, 0.3) is 0 Å². The first-order chi connectivity index (χ1) is 12.5. The van der Waals surface area contributed by atoms with Crippen molar-refractivity contribution in [2.75, 3.05) is 13.7 Å². The zero-order valence-electron chi connectivity index (χ0n) is 16.3. The third-order valence-electron chi connectivity index (χ3n) is 4.23. The predicted octanol–water partition coefficient (Wildman–Crippen LogP) is 5.91. The molecule has 0 radical (unpaired) electrons. The molecule has 0 bridgehead atoms. The van der Waals surface area contributed by atoms with Gasteiger partial charge in [-0.25, -0.2) is 0 Å². The highest BCUT2D eigenvalue weighted by atomic mass is 16.5. The Labute approximate surface area is 156 Å². The van der Waals surface area contributed by atoms with Crippen LogP contribution in [0.4, 0.5) is 0 Å². The summed E-state index contributed by atoms with van der Waals surface area (Å²) in [6.45, 7) is 9.08. The fraction of sp³-hybridized carbons (Fsp3) is 0.409. The van der Waals surface area contributed by atoms with Crippen LogP contribution in [0.1, 0.15) is 61.0 Å². The summed E-state index contributed by atoms with van der Waals surface area (Å²) in [6.07, 6.45) is 2.74. The summed E-state index contributed by atoms with van der Waals surface area (Å²) in [7, 11) is 1.56. The van der Waals surface area contributed by atoms with Gasteiger partial charge in [0.2, 0.25) is 5.75 Å². The molecule has 0 aromatic heterocycles. The minimum absolute atomic E-state index is 0.454. The molecular weight excluding hydrogens is 328 g/mol. The average molecular weight is 356 g/mol. The minimum atomic E-state index is 0.454. The van der Waals surface area contributed by atoms with Gasteiger partial charge >= 0.3 is 0 Å². The standard InChI is InChI=1S/C22H28O4/c1-6-7-10-25-22-20(24-5)12-17(14-23)13-21(22)26-18-8-9-19(15(2)3)16(4)11-18/h8-9,11-15H,6-7,10H2,1-5H3. The molecule has 26 heavy (non-hydrogen) atoms. The van der Waals surface area contributed by atoms with Crippen molar-refractivity contribution < 1.29 is 19.0 Å². The van der Waals surface area contributed by atoms with E-state index in [2.05, 4.69) is 33.8 Å². The van der Waals surface area contributed by atoms with Crippen LogP contribution < -0.4 is 14.2 Å². The van der Waals surface area contributed by atoms with Gasteiger partial charge in [-0.1, -0.05) is 33.3 Å². The van der Waals surface area contributed by atoms with E-state index in [1.165, 1.54) is 11.1 Å². The van der Waals surface area contributed by atoms with Crippen molar-refractivity contribution in [1.29, 1.82) is 0 Å². The van der Waals surface area contributed by atoms with E-state index in [4.69, 9.17) is 14.2 Å². The van der Waals surface area contributed by atoms with Crippen LogP contribution in [-0.4, -0.2) is 20.0 Å². The number of aldehydes is 1. The van der Waals surface area contributed by atoms with Gasteiger partial charge in [-0.2, -0.15) is 0 Å². The number of rotatable bonds is 9. The molecule has 0 N–H and O–H groups in total. The average Bonchev–Trinajstić information content (AvgIpc) is 2.62. The number of aryl methyl sites for hydroxylation is 1. The molecule has 2 aromatic rings.